The van der Waals surface area contributed by atoms with Crippen molar-refractivity contribution in [1.82, 2.24) is 30.8 Å². The van der Waals surface area contributed by atoms with Crippen molar-refractivity contribution in [2.24, 2.45) is 0 Å². The Morgan fingerprint density at radius 2 is 1.52 bits per heavy atom. The summed E-state index contributed by atoms with van der Waals surface area (Å²) < 4.78 is 5.43. The van der Waals surface area contributed by atoms with Gasteiger partial charge in [-0.2, -0.15) is 0 Å². The standard InChI is InChI=1S/C35H44N6O5S2/c1-24(2)33-38-29(23-48-33)20-41(3)34(44)40-30(21-42)32(43)37-27(18-25-10-6-4-7-11-25)14-15-28(19-26-12-8-5-9-13-26)39-35(45)46-22-31-36-16-17-47-31/h4-13,16-17,23-24,27-28,30,42H,14-15,18-22H2,1-3H3,(H,37,43)(H,39,45)(H,40,44)/t27-,28-,30+/m1/s1. The minimum atomic E-state index is -1.15. The predicted molar refractivity (Wildman–Crippen MR) is 188 cm³/mol. The van der Waals surface area contributed by atoms with Gasteiger partial charge >= 0.3 is 12.1 Å². The van der Waals surface area contributed by atoms with E-state index in [4.69, 9.17) is 4.74 Å². The zero-order valence-electron chi connectivity index (χ0n) is 27.5. The fourth-order valence-corrected chi connectivity index (χ4v) is 6.39. The van der Waals surface area contributed by atoms with Crippen LogP contribution in [-0.4, -0.2) is 69.8 Å². The van der Waals surface area contributed by atoms with Crippen LogP contribution in [0.2, 0.25) is 0 Å². The largest absolute Gasteiger partial charge is 0.442 e. The van der Waals surface area contributed by atoms with Crippen LogP contribution in [-0.2, 0) is 35.5 Å². The second-order valence-electron chi connectivity index (χ2n) is 11.9. The van der Waals surface area contributed by atoms with E-state index in [1.165, 1.54) is 16.2 Å². The first-order valence-electron chi connectivity index (χ1n) is 16.0. The van der Waals surface area contributed by atoms with Gasteiger partial charge in [-0.3, -0.25) is 4.79 Å². The maximum Gasteiger partial charge on any atom is 0.407 e. The van der Waals surface area contributed by atoms with Gasteiger partial charge in [-0.25, -0.2) is 19.6 Å². The summed E-state index contributed by atoms with van der Waals surface area (Å²) in [6.45, 7) is 3.91. The molecule has 4 aromatic rings. The van der Waals surface area contributed by atoms with Crippen LogP contribution in [0, 0.1) is 0 Å². The van der Waals surface area contributed by atoms with E-state index < -0.39 is 30.7 Å². The summed E-state index contributed by atoms with van der Waals surface area (Å²) >= 11 is 2.96. The van der Waals surface area contributed by atoms with Crippen LogP contribution in [0.5, 0.6) is 0 Å². The number of aliphatic hydroxyl groups excluding tert-OH is 1. The van der Waals surface area contributed by atoms with Crippen LogP contribution < -0.4 is 16.0 Å². The normalized spacial score (nSPS) is 12.9. The highest BCUT2D eigenvalue weighted by atomic mass is 32.1. The molecule has 2 aromatic heterocycles. The predicted octanol–water partition coefficient (Wildman–Crippen LogP) is 5.27. The summed E-state index contributed by atoms with van der Waals surface area (Å²) in [5.41, 5.74) is 2.84. The number of hydrogen-bond donors (Lipinski definition) is 4. The van der Waals surface area contributed by atoms with E-state index in [0.717, 1.165) is 21.8 Å². The van der Waals surface area contributed by atoms with Gasteiger partial charge in [0.25, 0.3) is 0 Å². The Morgan fingerprint density at radius 1 is 0.896 bits per heavy atom. The Bertz CT molecular complexity index is 1550. The van der Waals surface area contributed by atoms with Gasteiger partial charge in [0.2, 0.25) is 5.91 Å². The number of aromatic nitrogens is 2. The third kappa shape index (κ3) is 12.0. The molecule has 2 heterocycles. The van der Waals surface area contributed by atoms with E-state index in [0.29, 0.717) is 36.6 Å². The number of nitrogens with zero attached hydrogens (tertiary/aromatic N) is 3. The quantitative estimate of drug-likeness (QED) is 0.118. The lowest BCUT2D eigenvalue weighted by Gasteiger charge is -2.26. The Labute approximate surface area is 289 Å². The molecular weight excluding hydrogens is 649 g/mol. The van der Waals surface area contributed by atoms with Gasteiger partial charge in [-0.1, -0.05) is 74.5 Å². The number of carbonyl (C=O) groups excluding carboxylic acids is 3. The third-order valence-electron chi connectivity index (χ3n) is 7.60. The van der Waals surface area contributed by atoms with Crippen molar-refractivity contribution < 1.29 is 24.2 Å². The molecule has 0 aliphatic heterocycles. The third-order valence-corrected chi connectivity index (χ3v) is 9.55. The SMILES string of the molecule is CC(C)c1nc(CN(C)C(=O)N[C@@H](CO)C(=O)N[C@H](CC[C@H](Cc2ccccc2)NC(=O)OCc2nccs2)Cc2ccccc2)cs1. The number of rotatable bonds is 17. The molecule has 0 saturated carbocycles. The van der Waals surface area contributed by atoms with E-state index in [-0.39, 0.29) is 25.2 Å². The first-order chi connectivity index (χ1) is 23.2. The van der Waals surface area contributed by atoms with Gasteiger partial charge in [0, 0.05) is 42.0 Å². The van der Waals surface area contributed by atoms with Crippen molar-refractivity contribution in [3.8, 4) is 0 Å². The van der Waals surface area contributed by atoms with Crippen LogP contribution in [0.1, 0.15) is 59.4 Å². The lowest BCUT2D eigenvalue weighted by atomic mass is 9.96. The van der Waals surface area contributed by atoms with Crippen LogP contribution in [0.3, 0.4) is 0 Å². The van der Waals surface area contributed by atoms with E-state index in [9.17, 15) is 19.5 Å². The Kier molecular flexibility index (Phi) is 14.3. The van der Waals surface area contributed by atoms with Gasteiger partial charge in [0.05, 0.1) is 23.9 Å². The number of nitrogens with one attached hydrogen (secondary N) is 3. The minimum absolute atomic E-state index is 0.0838. The maximum atomic E-state index is 13.5. The molecule has 48 heavy (non-hydrogen) atoms. The Balaban J connectivity index is 1.40. The van der Waals surface area contributed by atoms with Gasteiger partial charge in [-0.15, -0.1) is 22.7 Å². The first-order valence-corrected chi connectivity index (χ1v) is 17.7. The highest BCUT2D eigenvalue weighted by molar-refractivity contribution is 7.09. The highest BCUT2D eigenvalue weighted by Crippen LogP contribution is 2.20. The van der Waals surface area contributed by atoms with E-state index in [1.54, 1.807) is 24.6 Å². The molecule has 0 radical (unpaired) electrons. The molecule has 3 atom stereocenters. The van der Waals surface area contributed by atoms with Crippen molar-refractivity contribution in [2.45, 2.75) is 76.7 Å². The number of urea groups is 1. The summed E-state index contributed by atoms with van der Waals surface area (Å²) in [6, 6.07) is 17.3. The van der Waals surface area contributed by atoms with E-state index in [2.05, 4.69) is 39.8 Å². The van der Waals surface area contributed by atoms with Gasteiger partial charge in [0.1, 0.15) is 17.7 Å². The second-order valence-corrected chi connectivity index (χ2v) is 13.7. The zero-order chi connectivity index (χ0) is 34.3. The van der Waals surface area contributed by atoms with Crippen LogP contribution in [0.25, 0.3) is 0 Å². The monoisotopic (exact) mass is 692 g/mol. The summed E-state index contributed by atoms with van der Waals surface area (Å²) in [7, 11) is 1.62. The molecule has 11 nitrogen and oxygen atoms in total. The first kappa shape index (κ1) is 36.5. The van der Waals surface area contributed by atoms with E-state index in [1.807, 2.05) is 71.4 Å². The number of carbonyl (C=O) groups is 3. The van der Waals surface area contributed by atoms with Crippen LogP contribution in [0.15, 0.2) is 77.6 Å². The van der Waals surface area contributed by atoms with E-state index >= 15 is 0 Å². The summed E-state index contributed by atoms with van der Waals surface area (Å²) in [5, 5.41) is 24.3. The molecule has 0 bridgehead atoms. The molecule has 0 saturated heterocycles. The molecule has 0 spiro atoms. The summed E-state index contributed by atoms with van der Waals surface area (Å²) in [6.07, 6.45) is 3.25. The number of hydrogen-bond acceptors (Lipinski definition) is 9. The molecule has 4 amide bonds. The number of thiazole rings is 2. The van der Waals surface area contributed by atoms with Crippen molar-refractivity contribution >= 4 is 40.7 Å². The zero-order valence-corrected chi connectivity index (χ0v) is 29.1. The Morgan fingerprint density at radius 3 is 2.06 bits per heavy atom. The molecule has 0 unspecified atom stereocenters. The molecule has 0 aliphatic rings. The number of aliphatic hydroxyl groups is 1. The average Bonchev–Trinajstić information content (AvgIpc) is 3.79. The molecule has 4 N–H and O–H groups in total. The van der Waals surface area contributed by atoms with Gasteiger partial charge in [0.15, 0.2) is 0 Å². The van der Waals surface area contributed by atoms with Gasteiger partial charge in [-0.05, 0) is 36.8 Å². The Hall–Kier alpha value is -4.33. The second kappa shape index (κ2) is 18.9. The average molecular weight is 693 g/mol. The fourth-order valence-electron chi connectivity index (χ4n) is 5.04. The summed E-state index contributed by atoms with van der Waals surface area (Å²) in [4.78, 5) is 49.4. The molecule has 4 rings (SSSR count). The highest BCUT2D eigenvalue weighted by Gasteiger charge is 2.26. The number of benzene rings is 2. The minimum Gasteiger partial charge on any atom is -0.442 e. The molecule has 13 heteroatoms. The fraction of sp³-hybridized carbons (Fsp3) is 0.400. The number of alkyl carbamates (subject to hydrolysis) is 1. The van der Waals surface area contributed by atoms with Crippen LogP contribution >= 0.6 is 22.7 Å². The van der Waals surface area contributed by atoms with Crippen molar-refractivity contribution in [1.29, 1.82) is 0 Å². The van der Waals surface area contributed by atoms with Crippen molar-refractivity contribution in [3.05, 3.63) is 104 Å². The van der Waals surface area contributed by atoms with Crippen molar-refractivity contribution in [3.63, 3.8) is 0 Å². The number of amides is 4. The molecule has 256 valence electrons. The molecule has 0 aliphatic carbocycles. The van der Waals surface area contributed by atoms with Gasteiger partial charge < -0.3 is 30.7 Å². The van der Waals surface area contributed by atoms with Crippen molar-refractivity contribution in [2.75, 3.05) is 13.7 Å². The molecular formula is C35H44N6O5S2. The lowest BCUT2D eigenvalue weighted by Crippen LogP contribution is -2.54. The summed E-state index contributed by atoms with van der Waals surface area (Å²) in [5.74, 6) is -0.201. The smallest absolute Gasteiger partial charge is 0.407 e. The van der Waals surface area contributed by atoms with Crippen LogP contribution in [0.4, 0.5) is 9.59 Å². The number of ether oxygens (including phenoxy) is 1. The lowest BCUT2D eigenvalue weighted by molar-refractivity contribution is -0.124. The molecule has 2 aromatic carbocycles. The maximum absolute atomic E-state index is 13.5. The topological polar surface area (TPSA) is 146 Å². The molecule has 0 fully saturated rings.